The van der Waals surface area contributed by atoms with Crippen molar-refractivity contribution in [3.05, 3.63) is 78.6 Å². The second-order valence-electron chi connectivity index (χ2n) is 5.66. The lowest BCUT2D eigenvalue weighted by Crippen LogP contribution is -1.90. The van der Waals surface area contributed by atoms with Crippen LogP contribution in [0.5, 0.6) is 0 Å². The standard InChI is InChI=1S/C20H20N2/c1-14(17-10-11-19-20(12-17)22-13-21-19)8-9-16(3)18-7-5-4-6-15(18)2/h4-7,10-13H,1,3,8-9H2,2H3,(H,21,22). The molecule has 0 saturated heterocycles. The zero-order valence-corrected chi connectivity index (χ0v) is 12.9. The second kappa shape index (κ2) is 6.02. The molecule has 0 aliphatic heterocycles. The molecule has 0 bridgehead atoms. The highest BCUT2D eigenvalue weighted by atomic mass is 14.9. The quantitative estimate of drug-likeness (QED) is 0.671. The molecule has 0 unspecified atom stereocenters. The van der Waals surface area contributed by atoms with Crippen LogP contribution in [0.4, 0.5) is 0 Å². The van der Waals surface area contributed by atoms with E-state index in [0.717, 1.165) is 35.0 Å². The third-order valence-corrected chi connectivity index (χ3v) is 4.08. The van der Waals surface area contributed by atoms with E-state index in [2.05, 4.69) is 72.5 Å². The topological polar surface area (TPSA) is 28.7 Å². The number of nitrogens with zero attached hydrogens (tertiary/aromatic N) is 1. The van der Waals surface area contributed by atoms with E-state index in [9.17, 15) is 0 Å². The maximum Gasteiger partial charge on any atom is 0.0931 e. The van der Waals surface area contributed by atoms with Gasteiger partial charge in [-0.25, -0.2) is 4.98 Å². The van der Waals surface area contributed by atoms with Crippen molar-refractivity contribution in [1.29, 1.82) is 0 Å². The molecule has 1 N–H and O–H groups in total. The minimum Gasteiger partial charge on any atom is -0.345 e. The van der Waals surface area contributed by atoms with Gasteiger partial charge in [0.1, 0.15) is 0 Å². The number of aryl methyl sites for hydroxylation is 1. The van der Waals surface area contributed by atoms with Crippen LogP contribution in [0.1, 0.15) is 29.5 Å². The maximum absolute atomic E-state index is 4.30. The molecular formula is C20H20N2. The maximum atomic E-state index is 4.30. The average Bonchev–Trinajstić information content (AvgIpc) is 3.00. The van der Waals surface area contributed by atoms with Gasteiger partial charge in [-0.2, -0.15) is 0 Å². The van der Waals surface area contributed by atoms with Gasteiger partial charge in [0.15, 0.2) is 0 Å². The third kappa shape index (κ3) is 2.86. The van der Waals surface area contributed by atoms with Gasteiger partial charge in [-0.05, 0) is 59.7 Å². The van der Waals surface area contributed by atoms with Gasteiger partial charge in [0.2, 0.25) is 0 Å². The number of hydrogen-bond acceptors (Lipinski definition) is 1. The molecule has 0 saturated carbocycles. The Kier molecular flexibility index (Phi) is 3.92. The Bertz CT molecular complexity index is 840. The van der Waals surface area contributed by atoms with E-state index in [4.69, 9.17) is 0 Å². The van der Waals surface area contributed by atoms with Gasteiger partial charge in [-0.1, -0.05) is 43.5 Å². The number of rotatable bonds is 5. The Morgan fingerprint density at radius 1 is 1.05 bits per heavy atom. The Balaban J connectivity index is 1.69. The number of aromatic amines is 1. The number of fused-ring (bicyclic) bond motifs is 1. The van der Waals surface area contributed by atoms with Crippen molar-refractivity contribution >= 4 is 22.2 Å². The van der Waals surface area contributed by atoms with Gasteiger partial charge in [0.25, 0.3) is 0 Å². The average molecular weight is 288 g/mol. The molecule has 2 heteroatoms. The summed E-state index contributed by atoms with van der Waals surface area (Å²) in [4.78, 5) is 7.41. The monoisotopic (exact) mass is 288 g/mol. The summed E-state index contributed by atoms with van der Waals surface area (Å²) in [5, 5.41) is 0. The molecular weight excluding hydrogens is 268 g/mol. The lowest BCUT2D eigenvalue weighted by atomic mass is 9.94. The molecule has 3 aromatic rings. The van der Waals surface area contributed by atoms with Crippen LogP contribution in [-0.2, 0) is 0 Å². The molecule has 2 aromatic carbocycles. The molecule has 1 heterocycles. The Morgan fingerprint density at radius 3 is 2.64 bits per heavy atom. The first-order valence-corrected chi connectivity index (χ1v) is 7.50. The largest absolute Gasteiger partial charge is 0.345 e. The summed E-state index contributed by atoms with van der Waals surface area (Å²) < 4.78 is 0. The number of imidazole rings is 1. The summed E-state index contributed by atoms with van der Waals surface area (Å²) in [6.07, 6.45) is 3.54. The Hall–Kier alpha value is -2.61. The van der Waals surface area contributed by atoms with Crippen LogP contribution >= 0.6 is 0 Å². The first kappa shape index (κ1) is 14.3. The van der Waals surface area contributed by atoms with E-state index in [1.807, 2.05) is 0 Å². The molecule has 2 nitrogen and oxygen atoms in total. The molecule has 0 radical (unpaired) electrons. The summed E-state index contributed by atoms with van der Waals surface area (Å²) >= 11 is 0. The lowest BCUT2D eigenvalue weighted by Gasteiger charge is -2.11. The molecule has 3 rings (SSSR count). The summed E-state index contributed by atoms with van der Waals surface area (Å²) in [5.74, 6) is 0. The van der Waals surface area contributed by atoms with E-state index < -0.39 is 0 Å². The second-order valence-corrected chi connectivity index (χ2v) is 5.66. The van der Waals surface area contributed by atoms with Crippen molar-refractivity contribution in [2.24, 2.45) is 0 Å². The van der Waals surface area contributed by atoms with Gasteiger partial charge in [-0.15, -0.1) is 0 Å². The fraction of sp³-hybridized carbons (Fsp3) is 0.150. The number of allylic oxidation sites excluding steroid dienone is 2. The highest BCUT2D eigenvalue weighted by Gasteiger charge is 2.06. The van der Waals surface area contributed by atoms with Crippen LogP contribution < -0.4 is 0 Å². The third-order valence-electron chi connectivity index (χ3n) is 4.08. The Labute approximate surface area is 131 Å². The van der Waals surface area contributed by atoms with Crippen molar-refractivity contribution in [1.82, 2.24) is 9.97 Å². The SMILES string of the molecule is C=C(CCC(=C)c1ccccc1C)c1ccc2[nH]cnc2c1. The normalized spacial score (nSPS) is 10.8. The van der Waals surface area contributed by atoms with Crippen molar-refractivity contribution in [2.75, 3.05) is 0 Å². The molecule has 0 amide bonds. The molecule has 0 aliphatic carbocycles. The molecule has 110 valence electrons. The van der Waals surface area contributed by atoms with Crippen LogP contribution in [0.15, 0.2) is 61.9 Å². The fourth-order valence-corrected chi connectivity index (χ4v) is 2.70. The zero-order valence-electron chi connectivity index (χ0n) is 12.9. The highest BCUT2D eigenvalue weighted by molar-refractivity contribution is 5.80. The minimum atomic E-state index is 0.906. The van der Waals surface area contributed by atoms with Gasteiger partial charge >= 0.3 is 0 Å². The molecule has 0 aliphatic rings. The number of hydrogen-bond donors (Lipinski definition) is 1. The molecule has 1 aromatic heterocycles. The first-order valence-electron chi connectivity index (χ1n) is 7.50. The van der Waals surface area contributed by atoms with E-state index in [1.54, 1.807) is 6.33 Å². The van der Waals surface area contributed by atoms with E-state index in [-0.39, 0.29) is 0 Å². The van der Waals surface area contributed by atoms with Gasteiger partial charge in [-0.3, -0.25) is 0 Å². The van der Waals surface area contributed by atoms with Gasteiger partial charge in [0, 0.05) is 0 Å². The molecule has 0 spiro atoms. The van der Waals surface area contributed by atoms with Crippen LogP contribution in [0.3, 0.4) is 0 Å². The molecule has 0 fully saturated rings. The van der Waals surface area contributed by atoms with Crippen LogP contribution in [0, 0.1) is 6.92 Å². The Morgan fingerprint density at radius 2 is 1.82 bits per heavy atom. The molecule has 0 atom stereocenters. The van der Waals surface area contributed by atoms with E-state index in [0.29, 0.717) is 0 Å². The zero-order chi connectivity index (χ0) is 15.5. The summed E-state index contributed by atoms with van der Waals surface area (Å²) in [7, 11) is 0. The first-order chi connectivity index (χ1) is 10.6. The number of H-pyrrole nitrogens is 1. The fourth-order valence-electron chi connectivity index (χ4n) is 2.70. The van der Waals surface area contributed by atoms with Crippen molar-refractivity contribution < 1.29 is 0 Å². The number of benzene rings is 2. The molecule has 22 heavy (non-hydrogen) atoms. The predicted octanol–water partition coefficient (Wildman–Crippen LogP) is 5.38. The van der Waals surface area contributed by atoms with Crippen molar-refractivity contribution in [3.8, 4) is 0 Å². The van der Waals surface area contributed by atoms with E-state index >= 15 is 0 Å². The van der Waals surface area contributed by atoms with Crippen LogP contribution in [0.2, 0.25) is 0 Å². The van der Waals surface area contributed by atoms with Crippen LogP contribution in [0.25, 0.3) is 22.2 Å². The summed E-state index contributed by atoms with van der Waals surface area (Å²) in [6.45, 7) is 10.6. The van der Waals surface area contributed by atoms with Gasteiger partial charge in [0.05, 0.1) is 17.4 Å². The number of aromatic nitrogens is 2. The van der Waals surface area contributed by atoms with Crippen molar-refractivity contribution in [2.45, 2.75) is 19.8 Å². The number of nitrogens with one attached hydrogen (secondary N) is 1. The smallest absolute Gasteiger partial charge is 0.0931 e. The minimum absolute atomic E-state index is 0.906. The van der Waals surface area contributed by atoms with Crippen molar-refractivity contribution in [3.63, 3.8) is 0 Å². The predicted molar refractivity (Wildman–Crippen MR) is 94.6 cm³/mol. The summed E-state index contributed by atoms with van der Waals surface area (Å²) in [5.41, 5.74) is 8.00. The van der Waals surface area contributed by atoms with Gasteiger partial charge < -0.3 is 4.98 Å². The van der Waals surface area contributed by atoms with E-state index in [1.165, 1.54) is 16.7 Å². The lowest BCUT2D eigenvalue weighted by molar-refractivity contribution is 1.09. The van der Waals surface area contributed by atoms with Crippen LogP contribution in [-0.4, -0.2) is 9.97 Å². The highest BCUT2D eigenvalue weighted by Crippen LogP contribution is 2.27. The summed E-state index contributed by atoms with van der Waals surface area (Å²) in [6, 6.07) is 14.6.